The minimum Gasteiger partial charge on any atom is -0.387 e. The van der Waals surface area contributed by atoms with Gasteiger partial charge in [0.1, 0.15) is 23.9 Å². The molecule has 1 spiro atoms. The number of alkyl halides is 3. The Morgan fingerprint density at radius 3 is 2.27 bits per heavy atom. The zero-order valence-corrected chi connectivity index (χ0v) is 25.6. The molecular formula is C31H34F4N4O5S. The largest absolute Gasteiger partial charge is 0.387 e. The van der Waals surface area contributed by atoms with E-state index in [-0.39, 0.29) is 69.2 Å². The molecule has 2 aromatic carbocycles. The van der Waals surface area contributed by atoms with Gasteiger partial charge in [-0.25, -0.2) is 26.0 Å². The number of carbonyl (C=O) groups is 2. The van der Waals surface area contributed by atoms with E-state index in [4.69, 9.17) is 0 Å². The van der Waals surface area contributed by atoms with Gasteiger partial charge in [-0.15, -0.1) is 0 Å². The number of likely N-dealkylation sites (tertiary alicyclic amines) is 1. The molecule has 2 saturated heterocycles. The highest BCUT2D eigenvalue weighted by Gasteiger charge is 2.47. The van der Waals surface area contributed by atoms with Crippen molar-refractivity contribution in [2.24, 2.45) is 4.99 Å². The van der Waals surface area contributed by atoms with Gasteiger partial charge in [0, 0.05) is 42.7 Å². The molecule has 0 bridgehead atoms. The predicted octanol–water partition coefficient (Wildman–Crippen LogP) is 4.03. The number of amidine groups is 1. The fraction of sp³-hybridized carbons (Fsp3) is 0.452. The highest BCUT2D eigenvalue weighted by Crippen LogP contribution is 2.33. The second-order valence-corrected chi connectivity index (χ2v) is 13.7. The Bertz CT molecular complexity index is 1660. The lowest BCUT2D eigenvalue weighted by molar-refractivity contribution is -0.124. The van der Waals surface area contributed by atoms with Gasteiger partial charge < -0.3 is 15.3 Å². The Kier molecular flexibility index (Phi) is 8.95. The Balaban J connectivity index is 1.26. The summed E-state index contributed by atoms with van der Waals surface area (Å²) >= 11 is 0. The van der Waals surface area contributed by atoms with Crippen molar-refractivity contribution in [1.82, 2.24) is 14.5 Å². The molecule has 0 radical (unpaired) electrons. The smallest absolute Gasteiger partial charge is 0.266 e. The summed E-state index contributed by atoms with van der Waals surface area (Å²) in [5.74, 6) is -1.75. The topological polar surface area (TPSA) is 119 Å². The van der Waals surface area contributed by atoms with E-state index in [1.165, 1.54) is 16.4 Å². The lowest BCUT2D eigenvalue weighted by Crippen LogP contribution is -2.50. The summed E-state index contributed by atoms with van der Waals surface area (Å²) in [4.78, 5) is 32.0. The van der Waals surface area contributed by atoms with Crippen LogP contribution in [0.25, 0.3) is 6.08 Å². The third kappa shape index (κ3) is 6.54. The molecule has 2 aromatic rings. The lowest BCUT2D eigenvalue weighted by atomic mass is 9.89. The number of halogens is 4. The van der Waals surface area contributed by atoms with E-state index in [9.17, 15) is 40.7 Å². The van der Waals surface area contributed by atoms with Crippen LogP contribution in [0.15, 0.2) is 40.7 Å². The van der Waals surface area contributed by atoms with Gasteiger partial charge >= 0.3 is 0 Å². The summed E-state index contributed by atoms with van der Waals surface area (Å²) in [5, 5.41) is 13.8. The molecule has 5 rings (SSSR count). The van der Waals surface area contributed by atoms with Crippen LogP contribution in [0.3, 0.4) is 0 Å². The molecular weight excluding hydrogens is 616 g/mol. The van der Waals surface area contributed by atoms with Crippen molar-refractivity contribution in [2.75, 3.05) is 32.9 Å². The van der Waals surface area contributed by atoms with Gasteiger partial charge in [0.15, 0.2) is 0 Å². The number of nitrogens with zero attached hydrogens (tertiary/aromatic N) is 3. The number of sulfonamides is 1. The Labute approximate surface area is 258 Å². The van der Waals surface area contributed by atoms with Crippen LogP contribution in [0.2, 0.25) is 0 Å². The van der Waals surface area contributed by atoms with E-state index in [0.29, 0.717) is 22.3 Å². The first kappa shape index (κ1) is 32.8. The number of hydrogen-bond acceptors (Lipinski definition) is 6. The number of aliphatic hydroxyl groups is 1. The van der Waals surface area contributed by atoms with Crippen LogP contribution < -0.4 is 5.32 Å². The average Bonchev–Trinajstić information content (AvgIpc) is 3.31. The third-order valence-corrected chi connectivity index (χ3v) is 10.4. The number of carbonyl (C=O) groups excluding carboxylic acids is 2. The Morgan fingerprint density at radius 1 is 1.07 bits per heavy atom. The quantitative estimate of drug-likeness (QED) is 0.439. The van der Waals surface area contributed by atoms with Gasteiger partial charge in [0.25, 0.3) is 18.2 Å². The summed E-state index contributed by atoms with van der Waals surface area (Å²) in [7, 11) is -3.90. The summed E-state index contributed by atoms with van der Waals surface area (Å²) in [6.07, 6.45) is -1.15. The Hall–Kier alpha value is -3.62. The van der Waals surface area contributed by atoms with E-state index in [1.54, 1.807) is 30.9 Å². The zero-order valence-electron chi connectivity index (χ0n) is 24.8. The SMILES string of the molecule is Cc1cc(C(=O)N2CCC(O)(CF)CC2)cc(C)c1/C=C/S(=O)(=O)N1CCC2(CC1)N=C(c1ccc(F)c(C(F)F)c1)NC2=O. The van der Waals surface area contributed by atoms with Crippen molar-refractivity contribution < 1.29 is 40.7 Å². The standard InChI is InChI=1S/C31H34F4N4O5S/c1-19-15-22(28(40)38-10-6-30(42,18-32)7-11-38)16-20(2)23(19)5-14-45(43,44)39-12-8-31(9-13-39)29(41)36-27(37-31)21-3-4-25(33)24(17-21)26(34)35/h3-5,14-17,26,42H,6-13,18H2,1-2H3,(H,36,37,41)/b14-5+. The van der Waals surface area contributed by atoms with Crippen LogP contribution in [0.5, 0.6) is 0 Å². The number of nitrogens with one attached hydrogen (secondary N) is 1. The van der Waals surface area contributed by atoms with E-state index < -0.39 is 51.6 Å². The van der Waals surface area contributed by atoms with Gasteiger partial charge in [0.05, 0.1) is 11.2 Å². The van der Waals surface area contributed by atoms with Gasteiger partial charge in [-0.3, -0.25) is 14.6 Å². The van der Waals surface area contributed by atoms with Gasteiger partial charge in [-0.05, 0) is 92.6 Å². The molecule has 3 aliphatic rings. The van der Waals surface area contributed by atoms with Crippen molar-refractivity contribution >= 4 is 33.7 Å². The molecule has 0 atom stereocenters. The molecule has 2 fully saturated rings. The molecule has 0 unspecified atom stereocenters. The molecule has 0 aromatic heterocycles. The molecule has 9 nitrogen and oxygen atoms in total. The van der Waals surface area contributed by atoms with Crippen molar-refractivity contribution in [3.05, 3.63) is 74.9 Å². The van der Waals surface area contributed by atoms with Gasteiger partial charge in [0.2, 0.25) is 10.0 Å². The van der Waals surface area contributed by atoms with E-state index in [0.717, 1.165) is 17.5 Å². The summed E-state index contributed by atoms with van der Waals surface area (Å²) < 4.78 is 80.9. The zero-order chi connectivity index (χ0) is 32.7. The monoisotopic (exact) mass is 650 g/mol. The van der Waals surface area contributed by atoms with Gasteiger partial charge in [-0.2, -0.15) is 4.31 Å². The number of hydrogen-bond donors (Lipinski definition) is 2. The minimum absolute atomic E-state index is 0.0126. The molecule has 45 heavy (non-hydrogen) atoms. The second-order valence-electron chi connectivity index (χ2n) is 11.9. The van der Waals surface area contributed by atoms with E-state index in [1.807, 2.05) is 0 Å². The first-order chi connectivity index (χ1) is 21.2. The summed E-state index contributed by atoms with van der Waals surface area (Å²) in [6, 6.07) is 6.41. The second kappa shape index (κ2) is 12.3. The summed E-state index contributed by atoms with van der Waals surface area (Å²) in [6.45, 7) is 3.10. The predicted molar refractivity (Wildman–Crippen MR) is 160 cm³/mol. The normalized spacial score (nSPS) is 20.2. The third-order valence-electron chi connectivity index (χ3n) is 8.87. The molecule has 2 N–H and O–H groups in total. The lowest BCUT2D eigenvalue weighted by Gasteiger charge is -2.36. The molecule has 0 aliphatic carbocycles. The van der Waals surface area contributed by atoms with E-state index in [2.05, 4.69) is 10.3 Å². The van der Waals surface area contributed by atoms with E-state index >= 15 is 0 Å². The number of amides is 2. The van der Waals surface area contributed by atoms with Crippen molar-refractivity contribution in [3.63, 3.8) is 0 Å². The number of piperidine rings is 2. The number of rotatable bonds is 7. The maximum atomic E-state index is 13.7. The van der Waals surface area contributed by atoms with Crippen LogP contribution >= 0.6 is 0 Å². The van der Waals surface area contributed by atoms with Crippen LogP contribution in [0.4, 0.5) is 17.6 Å². The number of benzene rings is 2. The average molecular weight is 651 g/mol. The first-order valence-electron chi connectivity index (χ1n) is 14.5. The minimum atomic E-state index is -3.90. The van der Waals surface area contributed by atoms with Crippen LogP contribution in [0.1, 0.15) is 70.3 Å². The van der Waals surface area contributed by atoms with Crippen molar-refractivity contribution in [1.29, 1.82) is 0 Å². The molecule has 2 amide bonds. The molecule has 14 heteroatoms. The number of aliphatic imine (C=N–C) groups is 1. The highest BCUT2D eigenvalue weighted by atomic mass is 32.2. The highest BCUT2D eigenvalue weighted by molar-refractivity contribution is 7.92. The van der Waals surface area contributed by atoms with Crippen molar-refractivity contribution in [2.45, 2.75) is 57.1 Å². The van der Waals surface area contributed by atoms with Crippen LogP contribution in [-0.2, 0) is 14.8 Å². The van der Waals surface area contributed by atoms with Crippen LogP contribution in [0, 0.1) is 19.7 Å². The maximum Gasteiger partial charge on any atom is 0.266 e. The maximum absolute atomic E-state index is 13.7. The summed E-state index contributed by atoms with van der Waals surface area (Å²) in [5.41, 5.74) is -0.935. The molecule has 0 saturated carbocycles. The number of aryl methyl sites for hydroxylation is 2. The molecule has 3 heterocycles. The fourth-order valence-corrected chi connectivity index (χ4v) is 7.18. The fourth-order valence-electron chi connectivity index (χ4n) is 6.00. The molecule has 3 aliphatic heterocycles. The van der Waals surface area contributed by atoms with Crippen LogP contribution in [-0.4, -0.2) is 84.4 Å². The molecule has 242 valence electrons. The van der Waals surface area contributed by atoms with Crippen molar-refractivity contribution in [3.8, 4) is 0 Å². The Morgan fingerprint density at radius 2 is 1.69 bits per heavy atom. The van der Waals surface area contributed by atoms with Gasteiger partial charge in [-0.1, -0.05) is 0 Å². The first-order valence-corrected chi connectivity index (χ1v) is 16.0.